The average Bonchev–Trinajstić information content (AvgIpc) is 2.64. The lowest BCUT2D eigenvalue weighted by molar-refractivity contribution is 0.940. The van der Waals surface area contributed by atoms with Gasteiger partial charge in [-0.25, -0.2) is 9.97 Å². The first-order valence-electron chi connectivity index (χ1n) is 4.84. The van der Waals surface area contributed by atoms with E-state index < -0.39 is 0 Å². The van der Waals surface area contributed by atoms with Crippen molar-refractivity contribution < 1.29 is 0 Å². The Labute approximate surface area is 102 Å². The molecule has 84 valence electrons. The maximum atomic E-state index is 5.67. The fourth-order valence-corrected chi connectivity index (χ4v) is 2.94. The van der Waals surface area contributed by atoms with E-state index in [1.807, 2.05) is 26.0 Å². The third-order valence-electron chi connectivity index (χ3n) is 1.99. The highest BCUT2D eigenvalue weighted by Crippen LogP contribution is 2.29. The van der Waals surface area contributed by atoms with Crippen molar-refractivity contribution in [2.24, 2.45) is 5.73 Å². The molecule has 6 heteroatoms. The molecule has 16 heavy (non-hydrogen) atoms. The van der Waals surface area contributed by atoms with Crippen LogP contribution in [0.5, 0.6) is 0 Å². The van der Waals surface area contributed by atoms with Crippen molar-refractivity contribution in [2.45, 2.75) is 29.8 Å². The summed E-state index contributed by atoms with van der Waals surface area (Å²) in [5.74, 6) is 0.800. The molecule has 0 fully saturated rings. The molecule has 0 bridgehead atoms. The lowest BCUT2D eigenvalue weighted by atomic mass is 10.2. The van der Waals surface area contributed by atoms with Crippen molar-refractivity contribution in [3.63, 3.8) is 0 Å². The molecule has 0 aliphatic rings. The normalized spacial score (nSPS) is 10.7. The summed E-state index contributed by atoms with van der Waals surface area (Å²) in [5.41, 5.74) is 7.71. The predicted molar refractivity (Wildman–Crippen MR) is 65.6 cm³/mol. The van der Waals surface area contributed by atoms with Crippen LogP contribution < -0.4 is 5.73 Å². The summed E-state index contributed by atoms with van der Waals surface area (Å²) in [7, 11) is 0. The highest BCUT2D eigenvalue weighted by Gasteiger charge is 2.08. The molecule has 0 saturated heterocycles. The van der Waals surface area contributed by atoms with Crippen molar-refractivity contribution in [1.82, 2.24) is 14.3 Å². The number of nitrogens with zero attached hydrogens (tertiary/aromatic N) is 3. The highest BCUT2D eigenvalue weighted by atomic mass is 32.2. The summed E-state index contributed by atoms with van der Waals surface area (Å²) in [5, 5.41) is 0.929. The van der Waals surface area contributed by atoms with Gasteiger partial charge in [-0.05, 0) is 48.8 Å². The topological polar surface area (TPSA) is 64.7 Å². The molecule has 0 saturated carbocycles. The Hall–Kier alpha value is -0.980. The largest absolute Gasteiger partial charge is 0.326 e. The Kier molecular flexibility index (Phi) is 3.52. The molecule has 2 aromatic rings. The van der Waals surface area contributed by atoms with Crippen LogP contribution in [0.1, 0.15) is 17.1 Å². The minimum absolute atomic E-state index is 0.493. The van der Waals surface area contributed by atoms with Crippen LogP contribution in [0.15, 0.2) is 21.5 Å². The van der Waals surface area contributed by atoms with E-state index in [0.717, 1.165) is 26.4 Å². The van der Waals surface area contributed by atoms with Gasteiger partial charge < -0.3 is 5.73 Å². The van der Waals surface area contributed by atoms with E-state index in [1.54, 1.807) is 0 Å². The van der Waals surface area contributed by atoms with Gasteiger partial charge in [0, 0.05) is 12.2 Å². The lowest BCUT2D eigenvalue weighted by Gasteiger charge is -2.04. The van der Waals surface area contributed by atoms with E-state index in [4.69, 9.17) is 5.73 Å². The third kappa shape index (κ3) is 2.58. The zero-order valence-corrected chi connectivity index (χ0v) is 10.7. The van der Waals surface area contributed by atoms with Gasteiger partial charge in [-0.15, -0.1) is 0 Å². The molecule has 0 aliphatic carbocycles. The number of hydrogen-bond acceptors (Lipinski definition) is 6. The molecule has 2 heterocycles. The first kappa shape index (κ1) is 11.5. The van der Waals surface area contributed by atoms with E-state index >= 15 is 0 Å². The van der Waals surface area contributed by atoms with Crippen LogP contribution >= 0.6 is 23.3 Å². The molecule has 0 spiro atoms. The third-order valence-corrected chi connectivity index (χ3v) is 3.88. The maximum Gasteiger partial charge on any atom is 0.176 e. The minimum atomic E-state index is 0.493. The molecule has 0 radical (unpaired) electrons. The molecule has 0 amide bonds. The smallest absolute Gasteiger partial charge is 0.176 e. The van der Waals surface area contributed by atoms with Crippen molar-refractivity contribution in [2.75, 3.05) is 0 Å². The van der Waals surface area contributed by atoms with Gasteiger partial charge in [-0.3, -0.25) is 0 Å². The van der Waals surface area contributed by atoms with Crippen LogP contribution in [0.25, 0.3) is 0 Å². The standard InChI is InChI=1S/C10H12N4S2/c1-6-3-4-8(5-11)9(12-6)15-10-13-7(2)14-16-10/h3-4H,5,11H2,1-2H3. The zero-order valence-electron chi connectivity index (χ0n) is 9.10. The molecular weight excluding hydrogens is 240 g/mol. The Morgan fingerprint density at radius 2 is 2.12 bits per heavy atom. The summed E-state index contributed by atoms with van der Waals surface area (Å²) < 4.78 is 5.05. The fraction of sp³-hybridized carbons (Fsp3) is 0.300. The Morgan fingerprint density at radius 3 is 2.75 bits per heavy atom. The van der Waals surface area contributed by atoms with E-state index in [2.05, 4.69) is 14.3 Å². The minimum Gasteiger partial charge on any atom is -0.326 e. The number of aromatic nitrogens is 3. The molecule has 0 atom stereocenters. The summed E-state index contributed by atoms with van der Waals surface area (Å²) in [4.78, 5) is 8.77. The van der Waals surface area contributed by atoms with Crippen LogP contribution in [0.3, 0.4) is 0 Å². The second kappa shape index (κ2) is 4.90. The van der Waals surface area contributed by atoms with Gasteiger partial charge in [0.15, 0.2) is 4.34 Å². The second-order valence-corrected chi connectivity index (χ2v) is 5.32. The number of pyridine rings is 1. The van der Waals surface area contributed by atoms with Crippen LogP contribution in [0, 0.1) is 13.8 Å². The Bertz CT molecular complexity index is 495. The molecule has 2 rings (SSSR count). The predicted octanol–water partition coefficient (Wildman–Crippen LogP) is 2.16. The molecule has 2 aromatic heterocycles. The first-order chi connectivity index (χ1) is 7.69. The first-order valence-corrected chi connectivity index (χ1v) is 6.43. The molecular formula is C10H12N4S2. The quantitative estimate of drug-likeness (QED) is 0.907. The monoisotopic (exact) mass is 252 g/mol. The van der Waals surface area contributed by atoms with Gasteiger partial charge >= 0.3 is 0 Å². The van der Waals surface area contributed by atoms with Gasteiger partial charge in [0.25, 0.3) is 0 Å². The van der Waals surface area contributed by atoms with Crippen molar-refractivity contribution in [3.05, 3.63) is 29.2 Å². The average molecular weight is 252 g/mol. The van der Waals surface area contributed by atoms with E-state index in [-0.39, 0.29) is 0 Å². The second-order valence-electron chi connectivity index (χ2n) is 3.33. The van der Waals surface area contributed by atoms with Crippen molar-refractivity contribution in [1.29, 1.82) is 0 Å². The summed E-state index contributed by atoms with van der Waals surface area (Å²) in [6, 6.07) is 3.98. The number of hydrogen-bond donors (Lipinski definition) is 1. The summed E-state index contributed by atoms with van der Waals surface area (Å²) in [6.45, 7) is 4.34. The van der Waals surface area contributed by atoms with Gasteiger partial charge in [0.1, 0.15) is 10.9 Å². The summed E-state index contributed by atoms with van der Waals surface area (Å²) >= 11 is 2.92. The lowest BCUT2D eigenvalue weighted by Crippen LogP contribution is -2.00. The molecule has 2 N–H and O–H groups in total. The Balaban J connectivity index is 2.29. The van der Waals surface area contributed by atoms with Crippen LogP contribution in [0.4, 0.5) is 0 Å². The fourth-order valence-electron chi connectivity index (χ4n) is 1.21. The highest BCUT2D eigenvalue weighted by molar-refractivity contribution is 8.00. The summed E-state index contributed by atoms with van der Waals surface area (Å²) in [6.07, 6.45) is 0. The number of rotatable bonds is 3. The van der Waals surface area contributed by atoms with Gasteiger partial charge in [0.2, 0.25) is 0 Å². The number of nitrogens with two attached hydrogens (primary N) is 1. The van der Waals surface area contributed by atoms with Crippen LogP contribution in [-0.4, -0.2) is 14.3 Å². The van der Waals surface area contributed by atoms with Crippen LogP contribution in [0.2, 0.25) is 0 Å². The number of aryl methyl sites for hydroxylation is 2. The van der Waals surface area contributed by atoms with Gasteiger partial charge in [-0.2, -0.15) is 4.37 Å². The Morgan fingerprint density at radius 1 is 1.31 bits per heavy atom. The molecule has 0 aliphatic heterocycles. The van der Waals surface area contributed by atoms with Gasteiger partial charge in [-0.1, -0.05) is 6.07 Å². The zero-order chi connectivity index (χ0) is 11.5. The maximum absolute atomic E-state index is 5.67. The van der Waals surface area contributed by atoms with Crippen molar-refractivity contribution >= 4 is 23.3 Å². The van der Waals surface area contributed by atoms with Crippen molar-refractivity contribution in [3.8, 4) is 0 Å². The van der Waals surface area contributed by atoms with E-state index in [0.29, 0.717) is 6.54 Å². The SMILES string of the molecule is Cc1ccc(CN)c(Sc2nc(C)ns2)n1. The van der Waals surface area contributed by atoms with Crippen LogP contribution in [-0.2, 0) is 6.54 Å². The molecule has 4 nitrogen and oxygen atoms in total. The molecule has 0 aromatic carbocycles. The van der Waals surface area contributed by atoms with E-state index in [1.165, 1.54) is 23.3 Å². The van der Waals surface area contributed by atoms with E-state index in [9.17, 15) is 0 Å². The molecule has 0 unspecified atom stereocenters. The van der Waals surface area contributed by atoms with Gasteiger partial charge in [0.05, 0.1) is 0 Å².